The first-order valence-corrected chi connectivity index (χ1v) is 21.0. The number of anilines is 3. The minimum absolute atomic E-state index is 0.0276. The lowest BCUT2D eigenvalue weighted by molar-refractivity contribution is 0.660. The zero-order valence-electron chi connectivity index (χ0n) is 30.6. The summed E-state index contributed by atoms with van der Waals surface area (Å²) >= 11 is 0. The van der Waals surface area contributed by atoms with Crippen LogP contribution in [-0.4, -0.2) is 18.8 Å². The van der Waals surface area contributed by atoms with E-state index in [-0.39, 0.29) is 10.8 Å². The smallest absolute Gasteiger partial charge is 0.0468 e. The standard InChI is InChI=1S/C49H43NS/c1-48(2)41-14-9-8-13-37(41)40-28-34(21-26-42(40)48)50(33-18-22-36(23-19-33)51(5,6)7)35-20-25-38-43(29-35)49(3,4)44-27-32-16-15-30-11-10-12-31-17-24-39(47(38)44)46(32)45(30)31/h8-29H,1-7H3. The third-order valence-corrected chi connectivity index (χ3v) is 13.8. The van der Waals surface area contributed by atoms with E-state index >= 15 is 0 Å². The maximum absolute atomic E-state index is 2.48. The van der Waals surface area contributed by atoms with E-state index in [0.717, 1.165) is 0 Å². The maximum atomic E-state index is 2.48. The highest BCUT2D eigenvalue weighted by atomic mass is 32.3. The quantitative estimate of drug-likeness (QED) is 0.168. The van der Waals surface area contributed by atoms with Gasteiger partial charge in [0.1, 0.15) is 0 Å². The molecule has 0 aromatic heterocycles. The Kier molecular flexibility index (Phi) is 6.19. The van der Waals surface area contributed by atoms with Crippen molar-refractivity contribution in [2.45, 2.75) is 43.4 Å². The van der Waals surface area contributed by atoms with Crippen molar-refractivity contribution in [1.29, 1.82) is 0 Å². The molecule has 0 saturated carbocycles. The van der Waals surface area contributed by atoms with E-state index in [9.17, 15) is 0 Å². The fraction of sp³-hybridized carbons (Fsp3) is 0.184. The molecule has 0 saturated heterocycles. The first-order valence-electron chi connectivity index (χ1n) is 18.1. The molecule has 8 aromatic rings. The molecule has 10 rings (SSSR count). The summed E-state index contributed by atoms with van der Waals surface area (Å²) in [4.78, 5) is 3.90. The molecule has 0 amide bonds. The average Bonchev–Trinajstić information content (AvgIpc) is 3.49. The Morgan fingerprint density at radius 1 is 0.431 bits per heavy atom. The Balaban J connectivity index is 1.19. The average molecular weight is 678 g/mol. The van der Waals surface area contributed by atoms with Gasteiger partial charge < -0.3 is 4.90 Å². The summed E-state index contributed by atoms with van der Waals surface area (Å²) in [6.07, 6.45) is 7.11. The number of rotatable bonds is 4. The van der Waals surface area contributed by atoms with Crippen LogP contribution in [0.3, 0.4) is 0 Å². The number of fused-ring (bicyclic) bond motifs is 7. The van der Waals surface area contributed by atoms with Crippen molar-refractivity contribution < 1.29 is 0 Å². The molecule has 0 heterocycles. The van der Waals surface area contributed by atoms with E-state index in [1.165, 1.54) is 98.8 Å². The number of hydrogen-bond acceptors (Lipinski definition) is 1. The largest absolute Gasteiger partial charge is 0.310 e. The van der Waals surface area contributed by atoms with Gasteiger partial charge in [0.15, 0.2) is 0 Å². The van der Waals surface area contributed by atoms with Crippen LogP contribution in [0.1, 0.15) is 49.9 Å². The molecule has 2 aliphatic carbocycles. The third-order valence-electron chi connectivity index (χ3n) is 12.2. The minimum atomic E-state index is -0.840. The minimum Gasteiger partial charge on any atom is -0.310 e. The molecule has 0 N–H and O–H groups in total. The van der Waals surface area contributed by atoms with Crippen LogP contribution in [0.15, 0.2) is 138 Å². The molecule has 0 unspecified atom stereocenters. The highest BCUT2D eigenvalue weighted by Crippen LogP contribution is 2.56. The fourth-order valence-electron chi connectivity index (χ4n) is 9.44. The Morgan fingerprint density at radius 3 is 1.82 bits per heavy atom. The molecule has 51 heavy (non-hydrogen) atoms. The van der Waals surface area contributed by atoms with Crippen molar-refractivity contribution in [2.24, 2.45) is 0 Å². The molecule has 2 heteroatoms. The Morgan fingerprint density at radius 2 is 1.06 bits per heavy atom. The summed E-state index contributed by atoms with van der Waals surface area (Å²) in [5, 5.41) is 8.09. The van der Waals surface area contributed by atoms with Gasteiger partial charge in [-0.05, 0) is 155 Å². The second-order valence-corrected chi connectivity index (χ2v) is 20.7. The number of benzene rings is 8. The van der Waals surface area contributed by atoms with Crippen molar-refractivity contribution in [1.82, 2.24) is 0 Å². The molecule has 0 aliphatic heterocycles. The van der Waals surface area contributed by atoms with E-state index in [1.54, 1.807) is 0 Å². The summed E-state index contributed by atoms with van der Waals surface area (Å²) in [5.41, 5.74) is 14.4. The molecule has 2 aliphatic rings. The van der Waals surface area contributed by atoms with Crippen LogP contribution in [0.5, 0.6) is 0 Å². The highest BCUT2D eigenvalue weighted by Gasteiger charge is 2.39. The number of nitrogens with zero attached hydrogens (tertiary/aromatic N) is 1. The van der Waals surface area contributed by atoms with Crippen molar-refractivity contribution in [3.63, 3.8) is 0 Å². The lowest BCUT2D eigenvalue weighted by Gasteiger charge is -2.30. The van der Waals surface area contributed by atoms with Gasteiger partial charge in [0.2, 0.25) is 0 Å². The Labute approximate surface area is 303 Å². The maximum Gasteiger partial charge on any atom is 0.0468 e. The van der Waals surface area contributed by atoms with Crippen molar-refractivity contribution in [3.05, 3.63) is 156 Å². The summed E-state index contributed by atoms with van der Waals surface area (Å²) in [6.45, 7) is 9.55. The Hall–Kier alpha value is -5.05. The van der Waals surface area contributed by atoms with E-state index in [4.69, 9.17) is 0 Å². The predicted molar refractivity (Wildman–Crippen MR) is 224 cm³/mol. The topological polar surface area (TPSA) is 3.24 Å². The summed E-state index contributed by atoms with van der Waals surface area (Å²) in [7, 11) is -0.840. The molecule has 0 spiro atoms. The molecular weight excluding hydrogens is 635 g/mol. The van der Waals surface area contributed by atoms with Gasteiger partial charge in [-0.25, -0.2) is 10.0 Å². The van der Waals surface area contributed by atoms with Crippen molar-refractivity contribution in [3.8, 4) is 22.3 Å². The highest BCUT2D eigenvalue weighted by molar-refractivity contribution is 8.32. The number of hydrogen-bond donors (Lipinski definition) is 0. The van der Waals surface area contributed by atoms with Gasteiger partial charge >= 0.3 is 0 Å². The monoisotopic (exact) mass is 677 g/mol. The van der Waals surface area contributed by atoms with Crippen molar-refractivity contribution in [2.75, 3.05) is 23.7 Å². The molecule has 0 bridgehead atoms. The second-order valence-electron chi connectivity index (χ2n) is 16.6. The van der Waals surface area contributed by atoms with E-state index in [1.807, 2.05) is 0 Å². The van der Waals surface area contributed by atoms with Gasteiger partial charge in [-0.3, -0.25) is 0 Å². The van der Waals surface area contributed by atoms with Crippen LogP contribution >= 0.6 is 10.0 Å². The van der Waals surface area contributed by atoms with E-state index in [0.29, 0.717) is 0 Å². The first kappa shape index (κ1) is 30.7. The lowest BCUT2D eigenvalue weighted by atomic mass is 9.80. The van der Waals surface area contributed by atoms with Crippen LogP contribution in [-0.2, 0) is 10.8 Å². The van der Waals surface area contributed by atoms with Crippen LogP contribution in [0.4, 0.5) is 17.1 Å². The lowest BCUT2D eigenvalue weighted by Crippen LogP contribution is -2.17. The summed E-state index contributed by atoms with van der Waals surface area (Å²) < 4.78 is 0. The van der Waals surface area contributed by atoms with E-state index in [2.05, 4.69) is 185 Å². The predicted octanol–water partition coefficient (Wildman–Crippen LogP) is 13.7. The van der Waals surface area contributed by atoms with Crippen molar-refractivity contribution >= 4 is 59.4 Å². The van der Waals surface area contributed by atoms with Gasteiger partial charge in [0.25, 0.3) is 0 Å². The van der Waals surface area contributed by atoms with Gasteiger partial charge in [0, 0.05) is 27.9 Å². The first-order chi connectivity index (χ1) is 24.4. The second kappa shape index (κ2) is 10.3. The fourth-order valence-corrected chi connectivity index (χ4v) is 10.4. The zero-order valence-corrected chi connectivity index (χ0v) is 31.4. The van der Waals surface area contributed by atoms with Crippen LogP contribution < -0.4 is 4.90 Å². The Bertz CT molecular complexity index is 2710. The molecule has 1 nitrogen and oxygen atoms in total. The molecule has 0 atom stereocenters. The van der Waals surface area contributed by atoms with E-state index < -0.39 is 10.0 Å². The van der Waals surface area contributed by atoms with Gasteiger partial charge in [-0.1, -0.05) is 107 Å². The van der Waals surface area contributed by atoms with Gasteiger partial charge in [-0.15, -0.1) is 0 Å². The molecular formula is C49H43NS. The molecule has 250 valence electrons. The summed E-state index contributed by atoms with van der Waals surface area (Å²) in [5.74, 6) is 0. The molecule has 0 radical (unpaired) electrons. The normalized spacial score (nSPS) is 15.6. The van der Waals surface area contributed by atoms with Crippen LogP contribution in [0.2, 0.25) is 0 Å². The van der Waals surface area contributed by atoms with Gasteiger partial charge in [-0.2, -0.15) is 0 Å². The molecule has 0 fully saturated rings. The van der Waals surface area contributed by atoms with Crippen LogP contribution in [0, 0.1) is 0 Å². The third kappa shape index (κ3) is 4.23. The molecule has 8 aromatic carbocycles. The van der Waals surface area contributed by atoms with Crippen LogP contribution in [0.25, 0.3) is 54.6 Å². The SMILES string of the molecule is CC1(C)c2ccccc2-c2cc(N(c3ccc(S(C)(C)C)cc3)c3ccc4c(c3)C(C)(C)c3cc5ccc6cccc7ccc(c3-4)c5c67)ccc21. The summed E-state index contributed by atoms with van der Waals surface area (Å²) in [6, 6.07) is 51.2. The van der Waals surface area contributed by atoms with Gasteiger partial charge in [0.05, 0.1) is 0 Å². The zero-order chi connectivity index (χ0) is 35.0.